The van der Waals surface area contributed by atoms with Crippen molar-refractivity contribution in [2.75, 3.05) is 0 Å². The lowest BCUT2D eigenvalue weighted by Crippen LogP contribution is -1.99. The Hall–Kier alpha value is -2.49. The Bertz CT molecular complexity index is 788. The summed E-state index contributed by atoms with van der Waals surface area (Å²) >= 11 is 0. The molecule has 4 nitrogen and oxygen atoms in total. The van der Waals surface area contributed by atoms with Gasteiger partial charge in [-0.3, -0.25) is 0 Å². The Labute approximate surface area is 123 Å². The molecule has 0 saturated heterocycles. The van der Waals surface area contributed by atoms with Crippen molar-refractivity contribution >= 4 is 21.7 Å². The molecule has 0 amide bonds. The summed E-state index contributed by atoms with van der Waals surface area (Å²) in [5.74, 6) is 0.0571. The highest BCUT2D eigenvalue weighted by molar-refractivity contribution is 6.04. The van der Waals surface area contributed by atoms with Gasteiger partial charge in [0.1, 0.15) is 17.1 Å². The third-order valence-electron chi connectivity index (χ3n) is 2.68. The fraction of sp³-hybridized carbons (Fsp3) is 0.235. The molecule has 0 bridgehead atoms. The molecule has 0 atom stereocenters. The highest BCUT2D eigenvalue weighted by atomic mass is 16.4. The van der Waals surface area contributed by atoms with E-state index in [1.54, 1.807) is 12.1 Å². The average Bonchev–Trinajstić information content (AvgIpc) is 2.51. The van der Waals surface area contributed by atoms with E-state index in [0.29, 0.717) is 16.4 Å². The lowest BCUT2D eigenvalue weighted by molar-refractivity contribution is 0.472. The maximum Gasteiger partial charge on any atom is 0.344 e. The fourth-order valence-electron chi connectivity index (χ4n) is 1.91. The zero-order valence-electron chi connectivity index (χ0n) is 12.7. The van der Waals surface area contributed by atoms with Crippen molar-refractivity contribution in [3.63, 3.8) is 0 Å². The molecule has 1 heterocycles. The van der Waals surface area contributed by atoms with E-state index in [9.17, 15) is 15.0 Å². The molecule has 1 aromatic heterocycles. The first-order valence-electron chi connectivity index (χ1n) is 7.04. The molecule has 3 aromatic rings. The number of fused-ring (bicyclic) bond motifs is 3. The first kappa shape index (κ1) is 16.6. The van der Waals surface area contributed by atoms with Crippen LogP contribution < -0.4 is 5.63 Å². The van der Waals surface area contributed by atoms with Crippen LogP contribution in [0, 0.1) is 0 Å². The molecule has 0 fully saturated rings. The van der Waals surface area contributed by atoms with Crippen molar-refractivity contribution in [3.05, 3.63) is 46.8 Å². The summed E-state index contributed by atoms with van der Waals surface area (Å²) in [5, 5.41) is 20.4. The van der Waals surface area contributed by atoms with Crippen LogP contribution in [0.5, 0.6) is 11.5 Å². The maximum absolute atomic E-state index is 11.7. The molecular formula is C17H20O4. The molecule has 3 rings (SSSR count). The topological polar surface area (TPSA) is 70.7 Å². The SMILES string of the molecule is CC.CC.O=c1oc2cc(O)ccc2c2ccc(O)cc12. The third kappa shape index (κ3) is 3.34. The van der Waals surface area contributed by atoms with E-state index >= 15 is 0 Å². The number of rotatable bonds is 0. The monoisotopic (exact) mass is 288 g/mol. The Morgan fingerprint density at radius 3 is 1.90 bits per heavy atom. The number of phenolic OH excluding ortho intramolecular Hbond substituents is 2. The zero-order valence-corrected chi connectivity index (χ0v) is 12.7. The van der Waals surface area contributed by atoms with Crippen LogP contribution in [-0.4, -0.2) is 10.2 Å². The van der Waals surface area contributed by atoms with Crippen LogP contribution in [-0.2, 0) is 0 Å². The molecule has 112 valence electrons. The Morgan fingerprint density at radius 2 is 1.29 bits per heavy atom. The van der Waals surface area contributed by atoms with Crippen LogP contribution in [0.15, 0.2) is 45.6 Å². The maximum atomic E-state index is 11.7. The predicted octanol–water partition coefficient (Wildman–Crippen LogP) is 4.41. The third-order valence-corrected chi connectivity index (χ3v) is 2.68. The molecule has 0 spiro atoms. The second-order valence-electron chi connectivity index (χ2n) is 3.80. The van der Waals surface area contributed by atoms with Gasteiger partial charge in [-0.1, -0.05) is 27.7 Å². The first-order valence-corrected chi connectivity index (χ1v) is 7.04. The van der Waals surface area contributed by atoms with E-state index in [1.807, 2.05) is 27.7 Å². The first-order chi connectivity index (χ1) is 10.1. The van der Waals surface area contributed by atoms with Crippen LogP contribution in [0.25, 0.3) is 21.7 Å². The van der Waals surface area contributed by atoms with Crippen molar-refractivity contribution < 1.29 is 14.6 Å². The molecule has 4 heteroatoms. The van der Waals surface area contributed by atoms with Gasteiger partial charge in [0.25, 0.3) is 0 Å². The van der Waals surface area contributed by atoms with E-state index in [4.69, 9.17) is 4.42 Å². The van der Waals surface area contributed by atoms with Gasteiger partial charge in [-0.15, -0.1) is 0 Å². The van der Waals surface area contributed by atoms with Gasteiger partial charge in [-0.2, -0.15) is 0 Å². The molecule has 0 aliphatic heterocycles. The van der Waals surface area contributed by atoms with Crippen molar-refractivity contribution in [1.82, 2.24) is 0 Å². The molecule has 0 aliphatic carbocycles. The van der Waals surface area contributed by atoms with Gasteiger partial charge >= 0.3 is 5.63 Å². The smallest absolute Gasteiger partial charge is 0.344 e. The fourth-order valence-corrected chi connectivity index (χ4v) is 1.91. The summed E-state index contributed by atoms with van der Waals surface area (Å²) in [5.41, 5.74) is -0.206. The number of hydrogen-bond donors (Lipinski definition) is 2. The van der Waals surface area contributed by atoms with Gasteiger partial charge in [0.05, 0.1) is 5.39 Å². The highest BCUT2D eigenvalue weighted by Crippen LogP contribution is 2.27. The molecule has 0 radical (unpaired) electrons. The Morgan fingerprint density at radius 1 is 0.762 bits per heavy atom. The van der Waals surface area contributed by atoms with Crippen LogP contribution in [0.4, 0.5) is 0 Å². The summed E-state index contributed by atoms with van der Waals surface area (Å²) < 4.78 is 5.08. The minimum absolute atomic E-state index is 0.0166. The van der Waals surface area contributed by atoms with Gasteiger partial charge < -0.3 is 14.6 Å². The van der Waals surface area contributed by atoms with Crippen LogP contribution in [0.1, 0.15) is 27.7 Å². The van der Waals surface area contributed by atoms with Crippen molar-refractivity contribution in [1.29, 1.82) is 0 Å². The minimum atomic E-state index is -0.533. The van der Waals surface area contributed by atoms with Gasteiger partial charge in [-0.05, 0) is 30.3 Å². The van der Waals surface area contributed by atoms with E-state index < -0.39 is 5.63 Å². The van der Waals surface area contributed by atoms with E-state index in [2.05, 4.69) is 0 Å². The Kier molecular flexibility index (Phi) is 5.79. The average molecular weight is 288 g/mol. The lowest BCUT2D eigenvalue weighted by Gasteiger charge is -2.03. The van der Waals surface area contributed by atoms with Crippen LogP contribution in [0.2, 0.25) is 0 Å². The van der Waals surface area contributed by atoms with E-state index in [-0.39, 0.29) is 11.5 Å². The van der Waals surface area contributed by atoms with Crippen molar-refractivity contribution in [3.8, 4) is 11.5 Å². The number of aromatic hydroxyl groups is 2. The van der Waals surface area contributed by atoms with Crippen molar-refractivity contribution in [2.24, 2.45) is 0 Å². The quantitative estimate of drug-likeness (QED) is 0.475. The summed E-state index contributed by atoms with van der Waals surface area (Å²) in [6, 6.07) is 9.12. The molecule has 21 heavy (non-hydrogen) atoms. The largest absolute Gasteiger partial charge is 0.508 e. The van der Waals surface area contributed by atoms with E-state index in [1.165, 1.54) is 24.3 Å². The van der Waals surface area contributed by atoms with Gasteiger partial charge in [0, 0.05) is 16.8 Å². The summed E-state index contributed by atoms with van der Waals surface area (Å²) in [6.07, 6.45) is 0. The van der Waals surface area contributed by atoms with E-state index in [0.717, 1.165) is 5.39 Å². The highest BCUT2D eigenvalue weighted by Gasteiger charge is 2.08. The molecule has 2 N–H and O–H groups in total. The predicted molar refractivity (Wildman–Crippen MR) is 86.0 cm³/mol. The standard InChI is InChI=1S/C13H8O4.2C2H6/c14-7-1-3-9-10-4-2-8(15)6-12(10)17-13(16)11(9)5-7;2*1-2/h1-6,14-15H;2*1-2H3. The number of phenols is 2. The van der Waals surface area contributed by atoms with Gasteiger partial charge in [0.2, 0.25) is 0 Å². The molecule has 2 aromatic carbocycles. The molecular weight excluding hydrogens is 268 g/mol. The van der Waals surface area contributed by atoms with Crippen LogP contribution in [0.3, 0.4) is 0 Å². The zero-order chi connectivity index (χ0) is 16.0. The van der Waals surface area contributed by atoms with Gasteiger partial charge in [-0.25, -0.2) is 4.79 Å². The second-order valence-corrected chi connectivity index (χ2v) is 3.80. The summed E-state index contributed by atoms with van der Waals surface area (Å²) in [7, 11) is 0. The molecule has 0 unspecified atom stereocenters. The molecule has 0 saturated carbocycles. The number of benzene rings is 2. The number of hydrogen-bond acceptors (Lipinski definition) is 4. The summed E-state index contributed by atoms with van der Waals surface area (Å²) in [4.78, 5) is 11.7. The lowest BCUT2D eigenvalue weighted by atomic mass is 10.1. The van der Waals surface area contributed by atoms with Crippen LogP contribution >= 0.6 is 0 Å². The molecule has 0 aliphatic rings. The normalized spacial score (nSPS) is 9.52. The van der Waals surface area contributed by atoms with Gasteiger partial charge in [0.15, 0.2) is 0 Å². The Balaban J connectivity index is 0.000000510. The summed E-state index contributed by atoms with van der Waals surface area (Å²) in [6.45, 7) is 8.00. The van der Waals surface area contributed by atoms with Crippen molar-refractivity contribution in [2.45, 2.75) is 27.7 Å². The minimum Gasteiger partial charge on any atom is -0.508 e. The second kappa shape index (κ2) is 7.33.